The molecule has 2 aliphatic heterocycles. The van der Waals surface area contributed by atoms with Crippen LogP contribution in [0.5, 0.6) is 5.75 Å². The van der Waals surface area contributed by atoms with Gasteiger partial charge in [0.05, 0.1) is 18.4 Å². The Morgan fingerprint density at radius 3 is 2.46 bits per heavy atom. The van der Waals surface area contributed by atoms with Gasteiger partial charge in [-0.1, -0.05) is 43.3 Å². The molecular weight excluding hydrogens is 328 g/mol. The highest BCUT2D eigenvalue weighted by Crippen LogP contribution is 2.73. The molecular formula is C22H20O4. The Balaban J connectivity index is 1.97. The van der Waals surface area contributed by atoms with Crippen LogP contribution in [-0.2, 0) is 20.5 Å². The lowest BCUT2D eigenvalue weighted by Gasteiger charge is -2.62. The van der Waals surface area contributed by atoms with E-state index in [1.54, 1.807) is 7.11 Å². The Morgan fingerprint density at radius 2 is 1.73 bits per heavy atom. The Hall–Kier alpha value is -2.62. The smallest absolute Gasteiger partial charge is 0.315 e. The van der Waals surface area contributed by atoms with Gasteiger partial charge in [-0.2, -0.15) is 0 Å². The van der Waals surface area contributed by atoms with Gasteiger partial charge in [0.15, 0.2) is 5.78 Å². The van der Waals surface area contributed by atoms with Crippen LogP contribution in [0.3, 0.4) is 0 Å². The summed E-state index contributed by atoms with van der Waals surface area (Å²) in [5, 5.41) is 0. The SMILES string of the molecule is COc1cccc2c1[C@@]1(C)[C@@H]3C(=O)O[C@@](C)(c4ccccc43)[C@@]1(C)C2=O. The second kappa shape index (κ2) is 4.37. The second-order valence-corrected chi connectivity index (χ2v) is 8.01. The number of Topliss-reactive ketones (excluding diaryl/α,β-unsaturated/α-hetero) is 1. The van der Waals surface area contributed by atoms with Crippen LogP contribution in [-0.4, -0.2) is 18.9 Å². The summed E-state index contributed by atoms with van der Waals surface area (Å²) in [6, 6.07) is 13.4. The third-order valence-electron chi connectivity index (χ3n) is 7.36. The van der Waals surface area contributed by atoms with E-state index >= 15 is 0 Å². The zero-order valence-corrected chi connectivity index (χ0v) is 15.3. The van der Waals surface area contributed by atoms with Crippen LogP contribution >= 0.6 is 0 Å². The van der Waals surface area contributed by atoms with E-state index in [9.17, 15) is 9.59 Å². The van der Waals surface area contributed by atoms with E-state index in [4.69, 9.17) is 9.47 Å². The Kier molecular flexibility index (Phi) is 2.63. The van der Waals surface area contributed by atoms with Crippen molar-refractivity contribution in [2.45, 2.75) is 37.7 Å². The summed E-state index contributed by atoms with van der Waals surface area (Å²) in [6.45, 7) is 5.86. The molecule has 0 saturated carbocycles. The molecule has 2 aromatic carbocycles. The van der Waals surface area contributed by atoms with Gasteiger partial charge in [-0.25, -0.2) is 0 Å². The fourth-order valence-electron chi connectivity index (χ4n) is 5.87. The molecule has 0 aromatic heterocycles. The van der Waals surface area contributed by atoms with Crippen molar-refractivity contribution >= 4 is 11.8 Å². The zero-order chi connectivity index (χ0) is 18.5. The van der Waals surface area contributed by atoms with Gasteiger partial charge in [0, 0.05) is 22.1 Å². The van der Waals surface area contributed by atoms with E-state index in [2.05, 4.69) is 0 Å². The first kappa shape index (κ1) is 15.6. The van der Waals surface area contributed by atoms with Gasteiger partial charge in [-0.3, -0.25) is 9.59 Å². The van der Waals surface area contributed by atoms with Gasteiger partial charge >= 0.3 is 5.97 Å². The Bertz CT molecular complexity index is 1010. The van der Waals surface area contributed by atoms with E-state index < -0.39 is 22.3 Å². The van der Waals surface area contributed by atoms with Crippen LogP contribution in [0.25, 0.3) is 0 Å². The largest absolute Gasteiger partial charge is 0.496 e. The molecule has 1 saturated heterocycles. The second-order valence-electron chi connectivity index (χ2n) is 8.01. The zero-order valence-electron chi connectivity index (χ0n) is 15.3. The first-order valence-corrected chi connectivity index (χ1v) is 8.87. The minimum absolute atomic E-state index is 0.0170. The lowest BCUT2D eigenvalue weighted by Crippen LogP contribution is -2.68. The third-order valence-corrected chi connectivity index (χ3v) is 7.36. The molecule has 26 heavy (non-hydrogen) atoms. The fraction of sp³-hybridized carbons (Fsp3) is 0.364. The number of methoxy groups -OCH3 is 1. The molecule has 4 nitrogen and oxygen atoms in total. The van der Waals surface area contributed by atoms with Crippen molar-refractivity contribution in [1.29, 1.82) is 0 Å². The number of fused-ring (bicyclic) bond motifs is 2. The minimum Gasteiger partial charge on any atom is -0.496 e. The third kappa shape index (κ3) is 1.28. The van der Waals surface area contributed by atoms with Gasteiger partial charge in [0.2, 0.25) is 0 Å². The van der Waals surface area contributed by atoms with Gasteiger partial charge in [0.25, 0.3) is 0 Å². The molecule has 4 aliphatic rings. The molecule has 0 N–H and O–H groups in total. The number of carbonyl (C=O) groups excluding carboxylic acids is 2. The lowest BCUT2D eigenvalue weighted by molar-refractivity contribution is -0.207. The molecule has 0 radical (unpaired) electrons. The van der Waals surface area contributed by atoms with E-state index in [-0.39, 0.29) is 11.8 Å². The molecule has 2 bridgehead atoms. The normalized spacial score (nSPS) is 36.2. The lowest BCUT2D eigenvalue weighted by atomic mass is 9.44. The number of rotatable bonds is 1. The van der Waals surface area contributed by atoms with Crippen molar-refractivity contribution < 1.29 is 19.1 Å². The minimum atomic E-state index is -1.02. The van der Waals surface area contributed by atoms with Crippen molar-refractivity contribution in [1.82, 2.24) is 0 Å². The van der Waals surface area contributed by atoms with Crippen LogP contribution in [0.1, 0.15) is 53.7 Å². The number of ketones is 1. The maximum atomic E-state index is 13.7. The molecule has 2 aliphatic carbocycles. The standard InChI is InChI=1S/C22H20O4/c1-20-16-13(9-7-11-15(16)25-4)18(23)21(20,2)22(3)14-10-6-5-8-12(14)17(20)19(24)26-22/h5-11,17H,1-4H3/t17-,20-,21-,22-/m0/s1. The summed E-state index contributed by atoms with van der Waals surface area (Å²) in [4.78, 5) is 26.7. The summed E-state index contributed by atoms with van der Waals surface area (Å²) in [5.74, 6) is -0.128. The van der Waals surface area contributed by atoms with E-state index in [0.717, 1.165) is 16.7 Å². The van der Waals surface area contributed by atoms with Gasteiger partial charge in [-0.15, -0.1) is 0 Å². The number of esters is 1. The molecule has 1 fully saturated rings. The first-order valence-electron chi connectivity index (χ1n) is 8.87. The van der Waals surface area contributed by atoms with Crippen molar-refractivity contribution in [3.63, 3.8) is 0 Å². The van der Waals surface area contributed by atoms with Crippen LogP contribution < -0.4 is 4.74 Å². The van der Waals surface area contributed by atoms with E-state index in [1.165, 1.54) is 0 Å². The number of hydrogen-bond donors (Lipinski definition) is 0. The van der Waals surface area contributed by atoms with E-state index in [1.807, 2.05) is 63.2 Å². The predicted octanol–water partition coefficient (Wildman–Crippen LogP) is 3.72. The van der Waals surface area contributed by atoms with Crippen molar-refractivity contribution in [3.8, 4) is 5.75 Å². The van der Waals surface area contributed by atoms with Crippen LogP contribution in [0.15, 0.2) is 42.5 Å². The summed E-state index contributed by atoms with van der Waals surface area (Å²) in [5.41, 5.74) is 0.705. The highest BCUT2D eigenvalue weighted by atomic mass is 16.6. The van der Waals surface area contributed by atoms with Gasteiger partial charge in [-0.05, 0) is 25.5 Å². The molecule has 2 heterocycles. The number of hydrogen-bond acceptors (Lipinski definition) is 4. The summed E-state index contributed by atoms with van der Waals surface area (Å²) in [7, 11) is 1.61. The van der Waals surface area contributed by atoms with E-state index in [0.29, 0.717) is 11.3 Å². The quantitative estimate of drug-likeness (QED) is 0.737. The average Bonchev–Trinajstić information content (AvgIpc) is 2.82. The molecule has 2 aromatic rings. The van der Waals surface area contributed by atoms with Crippen LogP contribution in [0.4, 0.5) is 0 Å². The molecule has 0 unspecified atom stereocenters. The molecule has 0 spiro atoms. The summed E-state index contributed by atoms with van der Waals surface area (Å²) >= 11 is 0. The van der Waals surface area contributed by atoms with Crippen molar-refractivity contribution in [3.05, 3.63) is 64.7 Å². The molecule has 6 rings (SSSR count). The number of ether oxygens (including phenoxy) is 2. The fourth-order valence-corrected chi connectivity index (χ4v) is 5.87. The van der Waals surface area contributed by atoms with Gasteiger partial charge in [0.1, 0.15) is 11.4 Å². The van der Waals surface area contributed by atoms with Crippen molar-refractivity contribution in [2.24, 2.45) is 5.41 Å². The predicted molar refractivity (Wildman–Crippen MR) is 95.4 cm³/mol. The topological polar surface area (TPSA) is 52.6 Å². The Morgan fingerprint density at radius 1 is 1.00 bits per heavy atom. The summed E-state index contributed by atoms with van der Waals surface area (Å²) < 4.78 is 11.6. The highest BCUT2D eigenvalue weighted by Gasteiger charge is 2.78. The maximum absolute atomic E-state index is 13.7. The Labute approximate surface area is 152 Å². The van der Waals surface area contributed by atoms with Crippen LogP contribution in [0, 0.1) is 5.41 Å². The monoisotopic (exact) mass is 348 g/mol. The molecule has 4 heteroatoms. The number of carbonyl (C=O) groups is 2. The molecule has 4 atom stereocenters. The molecule has 0 amide bonds. The van der Waals surface area contributed by atoms with Crippen molar-refractivity contribution in [2.75, 3.05) is 7.11 Å². The van der Waals surface area contributed by atoms with Gasteiger partial charge < -0.3 is 9.47 Å². The summed E-state index contributed by atoms with van der Waals surface area (Å²) in [6.07, 6.45) is 0. The van der Waals surface area contributed by atoms with Crippen LogP contribution in [0.2, 0.25) is 0 Å². The number of benzene rings is 2. The first-order chi connectivity index (χ1) is 12.3. The maximum Gasteiger partial charge on any atom is 0.315 e. The average molecular weight is 348 g/mol. The molecule has 132 valence electrons. The highest BCUT2D eigenvalue weighted by molar-refractivity contribution is 6.11.